The fourth-order valence-electron chi connectivity index (χ4n) is 2.44. The smallest absolute Gasteiger partial charge is 0.232 e. The number of aryl methyl sites for hydroxylation is 1. The van der Waals surface area contributed by atoms with E-state index >= 15 is 0 Å². The molecule has 0 bridgehead atoms. The van der Waals surface area contributed by atoms with Gasteiger partial charge in [-0.05, 0) is 39.0 Å². The molecule has 0 atom stereocenters. The molecule has 21 heavy (non-hydrogen) atoms. The summed E-state index contributed by atoms with van der Waals surface area (Å²) in [5.74, 6) is -0.421. The Morgan fingerprint density at radius 2 is 1.90 bits per heavy atom. The maximum absolute atomic E-state index is 14.0. The molecule has 0 aliphatic heterocycles. The second-order valence-corrected chi connectivity index (χ2v) is 7.15. The van der Waals surface area contributed by atoms with Crippen molar-refractivity contribution in [3.8, 4) is 0 Å². The van der Waals surface area contributed by atoms with E-state index in [2.05, 4.69) is 0 Å². The molecule has 0 unspecified atom stereocenters. The van der Waals surface area contributed by atoms with Crippen molar-refractivity contribution in [2.75, 3.05) is 7.05 Å². The van der Waals surface area contributed by atoms with Crippen LogP contribution in [0.25, 0.3) is 0 Å². The molecule has 1 amide bonds. The van der Waals surface area contributed by atoms with E-state index in [4.69, 9.17) is 0 Å². The van der Waals surface area contributed by atoms with Gasteiger partial charge in [0.2, 0.25) is 5.91 Å². The first kappa shape index (κ1) is 15.7. The largest absolute Gasteiger partial charge is 0.340 e. The van der Waals surface area contributed by atoms with Gasteiger partial charge in [0, 0.05) is 22.4 Å². The predicted molar refractivity (Wildman–Crippen MR) is 85.0 cm³/mol. The van der Waals surface area contributed by atoms with Crippen LogP contribution in [0.15, 0.2) is 36.4 Å². The lowest BCUT2D eigenvalue weighted by molar-refractivity contribution is -0.135. The third-order valence-electron chi connectivity index (χ3n) is 3.62. The van der Waals surface area contributed by atoms with Gasteiger partial charge in [-0.2, -0.15) is 0 Å². The fourth-order valence-corrected chi connectivity index (χ4v) is 3.38. The van der Waals surface area contributed by atoms with Gasteiger partial charge in [-0.3, -0.25) is 4.79 Å². The van der Waals surface area contributed by atoms with E-state index in [1.807, 2.05) is 19.1 Å². The second-order valence-electron chi connectivity index (χ2n) is 5.78. The number of nitrogens with zero attached hydrogens (tertiary/aromatic N) is 1. The average Bonchev–Trinajstić information content (AvgIpc) is 2.83. The molecule has 0 radical (unpaired) electrons. The van der Waals surface area contributed by atoms with Gasteiger partial charge < -0.3 is 4.90 Å². The summed E-state index contributed by atoms with van der Waals surface area (Å²) < 4.78 is 14.0. The van der Waals surface area contributed by atoms with Gasteiger partial charge in [0.25, 0.3) is 0 Å². The van der Waals surface area contributed by atoms with E-state index in [1.165, 1.54) is 10.9 Å². The van der Waals surface area contributed by atoms with Crippen LogP contribution >= 0.6 is 11.3 Å². The summed E-state index contributed by atoms with van der Waals surface area (Å²) in [6.45, 7) is 6.13. The SMILES string of the molecule is Cc1ccc(CN(C)C(=O)C(C)(C)c2ccccc2F)s1. The Labute approximate surface area is 129 Å². The molecule has 0 fully saturated rings. The van der Waals surface area contributed by atoms with Gasteiger partial charge in [0.05, 0.1) is 12.0 Å². The Morgan fingerprint density at radius 1 is 1.24 bits per heavy atom. The third-order valence-corrected chi connectivity index (χ3v) is 4.60. The monoisotopic (exact) mass is 305 g/mol. The van der Waals surface area contributed by atoms with Gasteiger partial charge in [0.15, 0.2) is 0 Å². The summed E-state index contributed by atoms with van der Waals surface area (Å²) >= 11 is 1.68. The van der Waals surface area contributed by atoms with Gasteiger partial charge >= 0.3 is 0 Å². The highest BCUT2D eigenvalue weighted by atomic mass is 32.1. The lowest BCUT2D eigenvalue weighted by atomic mass is 9.83. The van der Waals surface area contributed by atoms with Gasteiger partial charge in [-0.15, -0.1) is 11.3 Å². The lowest BCUT2D eigenvalue weighted by Crippen LogP contribution is -2.41. The van der Waals surface area contributed by atoms with Gasteiger partial charge in [0.1, 0.15) is 5.82 Å². The molecule has 1 aromatic carbocycles. The van der Waals surface area contributed by atoms with Gasteiger partial charge in [-0.25, -0.2) is 4.39 Å². The first-order chi connectivity index (χ1) is 9.82. The standard InChI is InChI=1S/C17H20FNOS/c1-12-9-10-13(21-12)11-19(4)16(20)17(2,3)14-7-5-6-8-15(14)18/h5-10H,11H2,1-4H3. The van der Waals surface area contributed by atoms with Gasteiger partial charge in [-0.1, -0.05) is 18.2 Å². The first-order valence-electron chi connectivity index (χ1n) is 6.88. The minimum atomic E-state index is -0.883. The van der Waals surface area contributed by atoms with E-state index < -0.39 is 5.41 Å². The van der Waals surface area contributed by atoms with Crippen molar-refractivity contribution in [1.29, 1.82) is 0 Å². The molecule has 4 heteroatoms. The lowest BCUT2D eigenvalue weighted by Gasteiger charge is -2.29. The molecule has 0 saturated heterocycles. The minimum Gasteiger partial charge on any atom is -0.340 e. The molecule has 1 aromatic heterocycles. The number of thiophene rings is 1. The third kappa shape index (κ3) is 3.32. The van der Waals surface area contributed by atoms with Crippen molar-refractivity contribution in [2.24, 2.45) is 0 Å². The molecule has 0 aliphatic rings. The number of carbonyl (C=O) groups excluding carboxylic acids is 1. The Balaban J connectivity index is 2.19. The Morgan fingerprint density at radius 3 is 2.48 bits per heavy atom. The van der Waals surface area contributed by atoms with Crippen LogP contribution in [0.2, 0.25) is 0 Å². The first-order valence-corrected chi connectivity index (χ1v) is 7.70. The average molecular weight is 305 g/mol. The normalized spacial score (nSPS) is 11.5. The number of carbonyl (C=O) groups is 1. The Hall–Kier alpha value is -1.68. The Kier molecular flexibility index (Phi) is 4.47. The van der Waals surface area contributed by atoms with Crippen molar-refractivity contribution in [1.82, 2.24) is 4.90 Å². The van der Waals surface area contributed by atoms with Crippen LogP contribution in [0.4, 0.5) is 4.39 Å². The van der Waals surface area contributed by atoms with Crippen LogP contribution in [0.5, 0.6) is 0 Å². The highest BCUT2D eigenvalue weighted by Gasteiger charge is 2.34. The zero-order valence-electron chi connectivity index (χ0n) is 12.8. The zero-order chi connectivity index (χ0) is 15.6. The highest BCUT2D eigenvalue weighted by Crippen LogP contribution is 2.28. The molecule has 2 aromatic rings. The van der Waals surface area contributed by atoms with E-state index in [9.17, 15) is 9.18 Å². The molecule has 2 nitrogen and oxygen atoms in total. The van der Waals surface area contributed by atoms with Crippen LogP contribution in [-0.2, 0) is 16.8 Å². The van der Waals surface area contributed by atoms with E-state index in [-0.39, 0.29) is 11.7 Å². The molecular formula is C17H20FNOS. The predicted octanol–water partition coefficient (Wildman–Crippen LogP) is 4.13. The van der Waals surface area contributed by atoms with Crippen molar-refractivity contribution >= 4 is 17.2 Å². The fraction of sp³-hybridized carbons (Fsp3) is 0.353. The highest BCUT2D eigenvalue weighted by molar-refractivity contribution is 7.11. The molecule has 2 rings (SSSR count). The molecule has 112 valence electrons. The second kappa shape index (κ2) is 5.98. The summed E-state index contributed by atoms with van der Waals surface area (Å²) in [5.41, 5.74) is -0.448. The molecule has 0 N–H and O–H groups in total. The summed E-state index contributed by atoms with van der Waals surface area (Å²) in [4.78, 5) is 16.7. The number of hydrogen-bond acceptors (Lipinski definition) is 2. The molecular weight excluding hydrogens is 285 g/mol. The van der Waals surface area contributed by atoms with E-state index in [0.29, 0.717) is 12.1 Å². The number of likely N-dealkylation sites (N-methyl/N-ethyl adjacent to an activating group) is 1. The summed E-state index contributed by atoms with van der Waals surface area (Å²) in [5, 5.41) is 0. The van der Waals surface area contributed by atoms with Crippen LogP contribution in [0.1, 0.15) is 29.2 Å². The number of hydrogen-bond donors (Lipinski definition) is 0. The van der Waals surface area contributed by atoms with Crippen molar-refractivity contribution in [3.05, 3.63) is 57.5 Å². The van der Waals surface area contributed by atoms with Crippen LogP contribution in [0, 0.1) is 12.7 Å². The quantitative estimate of drug-likeness (QED) is 0.831. The molecule has 0 aliphatic carbocycles. The number of halogens is 1. The van der Waals surface area contributed by atoms with E-state index in [0.717, 1.165) is 4.88 Å². The van der Waals surface area contributed by atoms with Crippen molar-refractivity contribution in [2.45, 2.75) is 32.7 Å². The summed E-state index contributed by atoms with van der Waals surface area (Å²) in [6.07, 6.45) is 0. The Bertz CT molecular complexity index is 648. The van der Waals surface area contributed by atoms with Crippen molar-refractivity contribution in [3.63, 3.8) is 0 Å². The topological polar surface area (TPSA) is 20.3 Å². The van der Waals surface area contributed by atoms with Crippen LogP contribution in [0.3, 0.4) is 0 Å². The summed E-state index contributed by atoms with van der Waals surface area (Å²) in [6, 6.07) is 10.5. The van der Waals surface area contributed by atoms with E-state index in [1.54, 1.807) is 55.3 Å². The molecule has 1 heterocycles. The van der Waals surface area contributed by atoms with Crippen LogP contribution < -0.4 is 0 Å². The summed E-state index contributed by atoms with van der Waals surface area (Å²) in [7, 11) is 1.76. The van der Waals surface area contributed by atoms with Crippen molar-refractivity contribution < 1.29 is 9.18 Å². The maximum atomic E-state index is 14.0. The zero-order valence-corrected chi connectivity index (χ0v) is 13.6. The maximum Gasteiger partial charge on any atom is 0.232 e. The number of benzene rings is 1. The van der Waals surface area contributed by atoms with Crippen LogP contribution in [-0.4, -0.2) is 17.9 Å². The number of rotatable bonds is 4. The molecule has 0 saturated carbocycles. The number of amides is 1. The minimum absolute atomic E-state index is 0.0846. The molecule has 0 spiro atoms.